The van der Waals surface area contributed by atoms with Crippen LogP contribution in [0.25, 0.3) is 12.2 Å². The van der Waals surface area contributed by atoms with Crippen LogP contribution in [-0.4, -0.2) is 24.3 Å². The van der Waals surface area contributed by atoms with Crippen molar-refractivity contribution in [3.05, 3.63) is 60.7 Å². The number of carbonyl (C=O) groups is 1. The summed E-state index contributed by atoms with van der Waals surface area (Å²) < 4.78 is 4.65. The lowest BCUT2D eigenvalue weighted by Crippen LogP contribution is -2.06. The molecule has 0 aliphatic rings. The van der Waals surface area contributed by atoms with Gasteiger partial charge < -0.3 is 9.84 Å². The summed E-state index contributed by atoms with van der Waals surface area (Å²) in [6.45, 7) is 12.7. The van der Waals surface area contributed by atoms with Crippen LogP contribution in [0.3, 0.4) is 0 Å². The fourth-order valence-corrected chi connectivity index (χ4v) is 1.24. The van der Waals surface area contributed by atoms with Crippen molar-refractivity contribution < 1.29 is 14.6 Å². The summed E-state index contributed by atoms with van der Waals surface area (Å²) in [6.07, 6.45) is 4.15. The van der Waals surface area contributed by atoms with Gasteiger partial charge in [0.25, 0.3) is 0 Å². The van der Waals surface area contributed by atoms with E-state index in [-0.39, 0.29) is 13.2 Å². The third kappa shape index (κ3) is 7.34. The zero-order valence-electron chi connectivity index (χ0n) is 12.0. The maximum Gasteiger partial charge on any atom is 0.333 e. The molecular weight excluding hydrogens is 252 g/mol. The van der Waals surface area contributed by atoms with Crippen LogP contribution in [0.1, 0.15) is 24.5 Å². The molecule has 0 atom stereocenters. The summed E-state index contributed by atoms with van der Waals surface area (Å²) in [5.74, 6) is -0.395. The van der Waals surface area contributed by atoms with E-state index < -0.39 is 5.97 Å². The largest absolute Gasteiger partial charge is 0.462 e. The van der Waals surface area contributed by atoms with Crippen molar-refractivity contribution in [3.8, 4) is 0 Å². The Morgan fingerprint density at radius 3 is 2.10 bits per heavy atom. The van der Waals surface area contributed by atoms with Crippen LogP contribution in [0.15, 0.2) is 49.6 Å². The van der Waals surface area contributed by atoms with Gasteiger partial charge >= 0.3 is 5.97 Å². The maximum atomic E-state index is 10.6. The lowest BCUT2D eigenvalue weighted by molar-refractivity contribution is -0.139. The number of aliphatic hydroxyl groups is 1. The van der Waals surface area contributed by atoms with E-state index >= 15 is 0 Å². The summed E-state index contributed by atoms with van der Waals surface area (Å²) in [7, 11) is 0. The summed E-state index contributed by atoms with van der Waals surface area (Å²) in [6, 6.07) is 8.02. The van der Waals surface area contributed by atoms with Gasteiger partial charge in [-0.1, -0.05) is 56.2 Å². The molecule has 0 radical (unpaired) electrons. The highest BCUT2D eigenvalue weighted by atomic mass is 16.5. The predicted molar refractivity (Wildman–Crippen MR) is 84.1 cm³/mol. The second-order valence-corrected chi connectivity index (χ2v) is 4.03. The summed E-state index contributed by atoms with van der Waals surface area (Å²) >= 11 is 0. The first-order valence-corrected chi connectivity index (χ1v) is 6.34. The Morgan fingerprint density at radius 2 is 1.75 bits per heavy atom. The zero-order chi connectivity index (χ0) is 15.4. The van der Waals surface area contributed by atoms with E-state index in [9.17, 15) is 4.79 Å². The number of hydrogen-bond acceptors (Lipinski definition) is 3. The molecule has 0 spiro atoms. The van der Waals surface area contributed by atoms with E-state index in [0.717, 1.165) is 11.1 Å². The van der Waals surface area contributed by atoms with Crippen molar-refractivity contribution in [3.63, 3.8) is 0 Å². The van der Waals surface area contributed by atoms with Gasteiger partial charge in [-0.25, -0.2) is 4.79 Å². The topological polar surface area (TPSA) is 46.5 Å². The first-order chi connectivity index (χ1) is 9.56. The Morgan fingerprint density at radius 1 is 1.25 bits per heavy atom. The lowest BCUT2D eigenvalue weighted by Gasteiger charge is -2.00. The Bertz CT molecular complexity index is 434. The lowest BCUT2D eigenvalue weighted by atomic mass is 10.1. The Hall–Kier alpha value is -2.13. The maximum absolute atomic E-state index is 10.6. The van der Waals surface area contributed by atoms with Gasteiger partial charge in [0.1, 0.15) is 0 Å². The Kier molecular flexibility index (Phi) is 9.62. The first-order valence-electron chi connectivity index (χ1n) is 6.34. The van der Waals surface area contributed by atoms with Gasteiger partial charge in [0.05, 0.1) is 6.61 Å². The quantitative estimate of drug-likeness (QED) is 0.491. The van der Waals surface area contributed by atoms with Gasteiger partial charge in [-0.05, 0) is 18.1 Å². The zero-order valence-corrected chi connectivity index (χ0v) is 12.0. The second kappa shape index (κ2) is 10.8. The van der Waals surface area contributed by atoms with Crippen LogP contribution in [0.5, 0.6) is 0 Å². The van der Waals surface area contributed by atoms with Crippen molar-refractivity contribution >= 4 is 18.1 Å². The fourth-order valence-electron chi connectivity index (χ4n) is 1.24. The van der Waals surface area contributed by atoms with Gasteiger partial charge in [-0.3, -0.25) is 0 Å². The number of rotatable bonds is 6. The Balaban J connectivity index is 0.000000361. The van der Waals surface area contributed by atoms with E-state index in [2.05, 4.69) is 24.5 Å². The monoisotopic (exact) mass is 274 g/mol. The van der Waals surface area contributed by atoms with E-state index in [4.69, 9.17) is 5.11 Å². The number of aliphatic hydroxyl groups excluding tert-OH is 1. The minimum atomic E-state index is -0.395. The van der Waals surface area contributed by atoms with Crippen molar-refractivity contribution in [1.29, 1.82) is 0 Å². The Labute approximate surface area is 120 Å². The average molecular weight is 274 g/mol. The van der Waals surface area contributed by atoms with Crippen LogP contribution >= 0.6 is 0 Å². The van der Waals surface area contributed by atoms with E-state index in [0.29, 0.717) is 12.0 Å². The first kappa shape index (κ1) is 17.9. The molecular formula is C17H22O3. The molecule has 1 rings (SSSR count). The van der Waals surface area contributed by atoms with Crippen LogP contribution in [-0.2, 0) is 9.53 Å². The van der Waals surface area contributed by atoms with Crippen LogP contribution in [0.4, 0.5) is 0 Å². The molecule has 0 unspecified atom stereocenters. The molecule has 0 aliphatic carbocycles. The highest BCUT2D eigenvalue weighted by molar-refractivity contribution is 5.86. The van der Waals surface area contributed by atoms with E-state index in [1.807, 2.05) is 36.4 Å². The predicted octanol–water partition coefficient (Wildman–Crippen LogP) is 3.46. The van der Waals surface area contributed by atoms with Gasteiger partial charge in [-0.15, -0.1) is 0 Å². The molecule has 0 aliphatic heterocycles. The highest BCUT2D eigenvalue weighted by Crippen LogP contribution is 2.10. The summed E-state index contributed by atoms with van der Waals surface area (Å²) in [5, 5.41) is 8.30. The number of carbonyl (C=O) groups excluding carboxylic acids is 1. The van der Waals surface area contributed by atoms with Crippen LogP contribution in [0.2, 0.25) is 0 Å². The van der Waals surface area contributed by atoms with Crippen molar-refractivity contribution in [1.82, 2.24) is 0 Å². The minimum absolute atomic E-state index is 0.0451. The van der Waals surface area contributed by atoms with Crippen LogP contribution in [0, 0.1) is 0 Å². The highest BCUT2D eigenvalue weighted by Gasteiger charge is 2.00. The smallest absolute Gasteiger partial charge is 0.333 e. The second-order valence-electron chi connectivity index (χ2n) is 4.03. The fraction of sp³-hybridized carbons (Fsp3) is 0.235. The molecule has 3 nitrogen and oxygen atoms in total. The molecule has 0 fully saturated rings. The number of hydrogen-bond donors (Lipinski definition) is 1. The third-order valence-electron chi connectivity index (χ3n) is 2.32. The normalized spacial score (nSPS) is 8.90. The van der Waals surface area contributed by atoms with Gasteiger partial charge in [0, 0.05) is 18.6 Å². The number of benzene rings is 1. The molecule has 108 valence electrons. The molecule has 1 N–H and O–H groups in total. The molecule has 0 heterocycles. The van der Waals surface area contributed by atoms with Gasteiger partial charge in [0.15, 0.2) is 0 Å². The molecule has 0 amide bonds. The molecule has 20 heavy (non-hydrogen) atoms. The van der Waals surface area contributed by atoms with E-state index in [1.54, 1.807) is 6.92 Å². The molecule has 0 saturated heterocycles. The van der Waals surface area contributed by atoms with E-state index in [1.165, 1.54) is 0 Å². The molecule has 3 heteroatoms. The van der Waals surface area contributed by atoms with Crippen molar-refractivity contribution in [2.45, 2.75) is 13.3 Å². The number of esters is 1. The number of ether oxygens (including phenoxy) is 1. The van der Waals surface area contributed by atoms with Crippen molar-refractivity contribution in [2.75, 3.05) is 13.2 Å². The molecule has 0 saturated carbocycles. The average Bonchev–Trinajstić information content (AvgIpc) is 2.47. The minimum Gasteiger partial charge on any atom is -0.462 e. The SMILES string of the molecule is C=C(C)C(=O)OCCCO.C=Cc1ccccc1C=C. The van der Waals surface area contributed by atoms with Gasteiger partial charge in [-0.2, -0.15) is 0 Å². The molecule has 1 aromatic carbocycles. The van der Waals surface area contributed by atoms with Crippen molar-refractivity contribution in [2.24, 2.45) is 0 Å². The van der Waals surface area contributed by atoms with Crippen LogP contribution < -0.4 is 0 Å². The summed E-state index contributed by atoms with van der Waals surface area (Å²) in [5.41, 5.74) is 2.66. The standard InChI is InChI=1S/C10H10.C7H12O3/c1-3-9-7-5-6-8-10(9)4-2;1-6(2)7(9)10-5-3-4-8/h3-8H,1-2H2;8H,1,3-5H2,2H3. The molecule has 1 aromatic rings. The molecule has 0 bridgehead atoms. The molecule has 0 aromatic heterocycles. The summed E-state index contributed by atoms with van der Waals surface area (Å²) in [4.78, 5) is 10.6. The van der Waals surface area contributed by atoms with Gasteiger partial charge in [0.2, 0.25) is 0 Å². The third-order valence-corrected chi connectivity index (χ3v) is 2.32.